The van der Waals surface area contributed by atoms with Crippen LogP contribution in [0.4, 0.5) is 23.3 Å². The van der Waals surface area contributed by atoms with Crippen LogP contribution in [0.5, 0.6) is 5.75 Å². The van der Waals surface area contributed by atoms with Crippen molar-refractivity contribution in [1.82, 2.24) is 9.97 Å². The van der Waals surface area contributed by atoms with Crippen molar-refractivity contribution in [2.24, 2.45) is 5.10 Å². The van der Waals surface area contributed by atoms with Gasteiger partial charge in [0.05, 0.1) is 11.1 Å². The molecule has 0 aliphatic carbocycles. The Bertz CT molecular complexity index is 1400. The lowest BCUT2D eigenvalue weighted by molar-refractivity contribution is -0.387. The van der Waals surface area contributed by atoms with E-state index in [4.69, 9.17) is 9.17 Å². The maximum absolute atomic E-state index is 12.6. The Morgan fingerprint density at radius 1 is 0.947 bits per heavy atom. The maximum atomic E-state index is 12.6. The Hall–Kier alpha value is -4.26. The molecule has 198 valence electrons. The van der Waals surface area contributed by atoms with Gasteiger partial charge in [0.25, 0.3) is 5.69 Å². The highest BCUT2D eigenvalue weighted by molar-refractivity contribution is 7.87. The molecular weight excluding hydrogens is 510 g/mol. The summed E-state index contributed by atoms with van der Waals surface area (Å²) >= 11 is 0. The minimum Gasteiger partial charge on any atom is -0.379 e. The fraction of sp³-hybridized carbons (Fsp3) is 0.320. The Morgan fingerprint density at radius 2 is 1.61 bits per heavy atom. The lowest BCUT2D eigenvalue weighted by Gasteiger charge is -2.21. The molecule has 2 aromatic carbocycles. The molecule has 0 spiro atoms. The van der Waals surface area contributed by atoms with Crippen LogP contribution in [-0.2, 0) is 10.1 Å². The summed E-state index contributed by atoms with van der Waals surface area (Å²) in [5.41, 5.74) is 3.12. The van der Waals surface area contributed by atoms with Crippen molar-refractivity contribution in [2.75, 3.05) is 41.4 Å². The second-order valence-electron chi connectivity index (χ2n) is 9.00. The molecule has 2 fully saturated rings. The normalized spacial score (nSPS) is 15.8. The molecule has 0 atom stereocenters. The van der Waals surface area contributed by atoms with Gasteiger partial charge in [0, 0.05) is 38.3 Å². The number of hydrazone groups is 1. The van der Waals surface area contributed by atoms with Crippen LogP contribution < -0.4 is 19.4 Å². The van der Waals surface area contributed by atoms with Crippen molar-refractivity contribution in [3.8, 4) is 5.75 Å². The zero-order chi connectivity index (χ0) is 26.5. The lowest BCUT2D eigenvalue weighted by atomic mass is 10.2. The van der Waals surface area contributed by atoms with E-state index in [-0.39, 0.29) is 5.75 Å². The third-order valence-corrected chi connectivity index (χ3v) is 7.63. The molecule has 1 N–H and O–H groups in total. The summed E-state index contributed by atoms with van der Waals surface area (Å²) in [6.07, 6.45) is 6.12. The molecule has 12 nitrogen and oxygen atoms in total. The molecule has 13 heteroatoms. The first-order valence-corrected chi connectivity index (χ1v) is 13.8. The number of nitrogens with one attached hydrogen (secondary N) is 1. The van der Waals surface area contributed by atoms with Gasteiger partial charge in [-0.25, -0.2) is 0 Å². The summed E-state index contributed by atoms with van der Waals surface area (Å²) in [5.74, 6) is 2.20. The standard InChI is InChI=1S/C25H27N7O5S/c33-32(34)21-7-1-2-8-22(21)38(35,36)37-20-11-9-19(10-12-20)18-26-29-23-17-24(30-13-3-4-14-30)28-25(27-23)31-15-5-6-16-31/h1-2,7-12,17-18H,3-6,13-16H2,(H,27,28,29)/b26-18-. The zero-order valence-corrected chi connectivity index (χ0v) is 21.4. The molecule has 2 saturated heterocycles. The molecule has 0 unspecified atom stereocenters. The smallest absolute Gasteiger partial charge is 0.346 e. The average molecular weight is 538 g/mol. The topological polar surface area (TPSA) is 143 Å². The van der Waals surface area contributed by atoms with Gasteiger partial charge in [-0.1, -0.05) is 12.1 Å². The van der Waals surface area contributed by atoms with Gasteiger partial charge in [0.1, 0.15) is 11.6 Å². The quantitative estimate of drug-likeness (QED) is 0.185. The van der Waals surface area contributed by atoms with Crippen LogP contribution in [0.3, 0.4) is 0 Å². The van der Waals surface area contributed by atoms with Gasteiger partial charge in [-0.3, -0.25) is 15.5 Å². The van der Waals surface area contributed by atoms with Crippen molar-refractivity contribution < 1.29 is 17.5 Å². The predicted octanol–water partition coefficient (Wildman–Crippen LogP) is 3.80. The molecule has 1 aromatic heterocycles. The Balaban J connectivity index is 1.27. The fourth-order valence-electron chi connectivity index (χ4n) is 4.42. The van der Waals surface area contributed by atoms with Gasteiger partial charge in [-0.2, -0.15) is 23.5 Å². The van der Waals surface area contributed by atoms with E-state index in [9.17, 15) is 18.5 Å². The Morgan fingerprint density at radius 3 is 2.29 bits per heavy atom. The van der Waals surface area contributed by atoms with Crippen LogP contribution in [0.15, 0.2) is 64.6 Å². The summed E-state index contributed by atoms with van der Waals surface area (Å²) in [4.78, 5) is 23.8. The van der Waals surface area contributed by atoms with Crippen LogP contribution in [0.2, 0.25) is 0 Å². The molecule has 2 aliphatic heterocycles. The molecule has 3 aromatic rings. The molecule has 0 saturated carbocycles. The molecule has 0 amide bonds. The SMILES string of the molecule is O=[N+]([O-])c1ccccc1S(=O)(=O)Oc1ccc(/C=N\Nc2cc(N3CCCC3)nc(N3CCCC3)n2)cc1. The van der Waals surface area contributed by atoms with E-state index in [2.05, 4.69) is 25.3 Å². The van der Waals surface area contributed by atoms with E-state index in [0.29, 0.717) is 17.3 Å². The Labute approximate surface area is 220 Å². The van der Waals surface area contributed by atoms with E-state index in [1.54, 1.807) is 18.3 Å². The van der Waals surface area contributed by atoms with Crippen molar-refractivity contribution in [3.63, 3.8) is 0 Å². The number of para-hydroxylation sites is 1. The Kier molecular flexibility index (Phi) is 7.36. The van der Waals surface area contributed by atoms with Crippen molar-refractivity contribution in [1.29, 1.82) is 0 Å². The molecule has 5 rings (SSSR count). The number of nitro benzene ring substituents is 1. The van der Waals surface area contributed by atoms with Gasteiger partial charge in [0.2, 0.25) is 5.95 Å². The van der Waals surface area contributed by atoms with E-state index >= 15 is 0 Å². The monoisotopic (exact) mass is 537 g/mol. The fourth-order valence-corrected chi connectivity index (χ4v) is 5.52. The summed E-state index contributed by atoms with van der Waals surface area (Å²) in [6.45, 7) is 3.82. The summed E-state index contributed by atoms with van der Waals surface area (Å²) in [6, 6.07) is 13.1. The number of hydrogen-bond acceptors (Lipinski definition) is 11. The van der Waals surface area contributed by atoms with Crippen molar-refractivity contribution in [2.45, 2.75) is 30.6 Å². The number of rotatable bonds is 9. The minimum absolute atomic E-state index is 0.0228. The number of hydrogen-bond donors (Lipinski definition) is 1. The van der Waals surface area contributed by atoms with E-state index in [1.165, 1.54) is 24.3 Å². The third-order valence-electron chi connectivity index (χ3n) is 6.33. The van der Waals surface area contributed by atoms with Crippen LogP contribution >= 0.6 is 0 Å². The van der Waals surface area contributed by atoms with Crippen LogP contribution in [-0.4, -0.2) is 55.7 Å². The van der Waals surface area contributed by atoms with Gasteiger partial charge in [0.15, 0.2) is 10.7 Å². The number of benzene rings is 2. The van der Waals surface area contributed by atoms with E-state index in [1.807, 2.05) is 6.07 Å². The van der Waals surface area contributed by atoms with Gasteiger partial charge < -0.3 is 14.0 Å². The first-order chi connectivity index (χ1) is 18.4. The van der Waals surface area contributed by atoms with Crippen molar-refractivity contribution in [3.05, 3.63) is 70.3 Å². The van der Waals surface area contributed by atoms with Gasteiger partial charge in [-0.05, 0) is 61.6 Å². The second-order valence-corrected chi connectivity index (χ2v) is 10.5. The lowest BCUT2D eigenvalue weighted by Crippen LogP contribution is -2.24. The summed E-state index contributed by atoms with van der Waals surface area (Å²) in [5, 5.41) is 15.5. The number of anilines is 3. The van der Waals surface area contributed by atoms with Crippen LogP contribution in [0, 0.1) is 10.1 Å². The highest BCUT2D eigenvalue weighted by Crippen LogP contribution is 2.27. The number of aromatic nitrogens is 2. The molecule has 38 heavy (non-hydrogen) atoms. The minimum atomic E-state index is -4.39. The van der Waals surface area contributed by atoms with Gasteiger partial charge >= 0.3 is 10.1 Å². The highest BCUT2D eigenvalue weighted by atomic mass is 32.2. The number of nitrogens with zero attached hydrogens (tertiary/aromatic N) is 6. The maximum Gasteiger partial charge on any atom is 0.346 e. The molecule has 2 aliphatic rings. The van der Waals surface area contributed by atoms with Crippen LogP contribution in [0.1, 0.15) is 31.2 Å². The third kappa shape index (κ3) is 5.83. The molecular formula is C25H27N7O5S. The van der Waals surface area contributed by atoms with Gasteiger partial charge in [-0.15, -0.1) is 0 Å². The van der Waals surface area contributed by atoms with Crippen molar-refractivity contribution >= 4 is 39.6 Å². The summed E-state index contributed by atoms with van der Waals surface area (Å²) in [7, 11) is -4.39. The van der Waals surface area contributed by atoms with Crippen LogP contribution in [0.25, 0.3) is 0 Å². The second kappa shape index (κ2) is 11.0. The average Bonchev–Trinajstić information content (AvgIpc) is 3.65. The highest BCUT2D eigenvalue weighted by Gasteiger charge is 2.27. The summed E-state index contributed by atoms with van der Waals surface area (Å²) < 4.78 is 30.3. The molecule has 0 bridgehead atoms. The molecule has 3 heterocycles. The zero-order valence-electron chi connectivity index (χ0n) is 20.6. The largest absolute Gasteiger partial charge is 0.379 e. The first-order valence-electron chi connectivity index (χ1n) is 12.4. The first kappa shape index (κ1) is 25.4. The van der Waals surface area contributed by atoms with E-state index in [0.717, 1.165) is 69.8 Å². The molecule has 0 radical (unpaired) electrons. The number of nitro groups is 1. The van der Waals surface area contributed by atoms with E-state index < -0.39 is 25.6 Å². The predicted molar refractivity (Wildman–Crippen MR) is 143 cm³/mol.